The first-order chi connectivity index (χ1) is 13.9. The molecule has 0 unspecified atom stereocenters. The molecule has 0 aliphatic carbocycles. The third-order valence-corrected chi connectivity index (χ3v) is 5.83. The summed E-state index contributed by atoms with van der Waals surface area (Å²) in [6.07, 6.45) is 2.62. The summed E-state index contributed by atoms with van der Waals surface area (Å²) in [5.74, 6) is 0.528. The average Bonchev–Trinajstić information content (AvgIpc) is 2.94. The van der Waals surface area contributed by atoms with E-state index < -0.39 is 5.82 Å². The third-order valence-electron chi connectivity index (χ3n) is 3.94. The Bertz CT molecular complexity index is 980. The molecule has 4 nitrogen and oxygen atoms in total. The molecule has 0 atom stereocenters. The summed E-state index contributed by atoms with van der Waals surface area (Å²) in [6, 6.07) is 9.51. The second-order valence-electron chi connectivity index (χ2n) is 6.11. The monoisotopic (exact) mass is 495 g/mol. The van der Waals surface area contributed by atoms with Gasteiger partial charge in [0, 0.05) is 0 Å². The van der Waals surface area contributed by atoms with E-state index >= 15 is 0 Å². The average molecular weight is 496 g/mol. The molecule has 3 rings (SSSR count). The second-order valence-corrected chi connectivity index (χ2v) is 8.64. The molecule has 0 bridgehead atoms. The fraction of sp³-hybridized carbons (Fsp3) is 0.238. The first kappa shape index (κ1) is 21.8. The lowest BCUT2D eigenvalue weighted by Gasteiger charge is -2.15. The fourth-order valence-electron chi connectivity index (χ4n) is 2.74. The van der Waals surface area contributed by atoms with Gasteiger partial charge in [0.25, 0.3) is 5.91 Å². The summed E-state index contributed by atoms with van der Waals surface area (Å²) < 4.78 is 26.2. The van der Waals surface area contributed by atoms with E-state index in [2.05, 4.69) is 15.9 Å². The summed E-state index contributed by atoms with van der Waals surface area (Å²) in [5.41, 5.74) is 1.18. The van der Waals surface area contributed by atoms with Crippen LogP contribution in [-0.4, -0.2) is 23.4 Å². The predicted octanol–water partition coefficient (Wildman–Crippen LogP) is 6.18. The van der Waals surface area contributed by atoms with Crippen molar-refractivity contribution in [1.29, 1.82) is 0 Å². The number of nitrogens with zero attached hydrogens (tertiary/aromatic N) is 1. The molecule has 0 spiro atoms. The van der Waals surface area contributed by atoms with Gasteiger partial charge in [-0.2, -0.15) is 0 Å². The Balaban J connectivity index is 1.93. The second kappa shape index (κ2) is 9.73. The largest absolute Gasteiger partial charge is 0.490 e. The van der Waals surface area contributed by atoms with E-state index in [0.29, 0.717) is 39.6 Å². The van der Waals surface area contributed by atoms with Crippen LogP contribution in [0, 0.1) is 5.82 Å². The molecule has 1 heterocycles. The maximum atomic E-state index is 13.6. The molecule has 8 heteroatoms. The van der Waals surface area contributed by atoms with Gasteiger partial charge in [-0.25, -0.2) is 4.39 Å². The number of hydrogen-bond acceptors (Lipinski definition) is 5. The number of carbonyl (C=O) groups excluding carboxylic acids is 1. The summed E-state index contributed by atoms with van der Waals surface area (Å²) in [7, 11) is 0. The van der Waals surface area contributed by atoms with Gasteiger partial charge >= 0.3 is 0 Å². The highest BCUT2D eigenvalue weighted by Crippen LogP contribution is 2.40. The predicted molar refractivity (Wildman–Crippen MR) is 123 cm³/mol. The lowest BCUT2D eigenvalue weighted by molar-refractivity contribution is -0.113. The Labute approximate surface area is 187 Å². The lowest BCUT2D eigenvalue weighted by atomic mass is 10.1. The van der Waals surface area contributed by atoms with E-state index in [4.69, 9.17) is 21.7 Å². The number of carbonyl (C=O) groups is 1. The summed E-state index contributed by atoms with van der Waals surface area (Å²) in [6.45, 7) is 4.99. The zero-order chi connectivity index (χ0) is 21.0. The van der Waals surface area contributed by atoms with Crippen molar-refractivity contribution < 1.29 is 18.7 Å². The van der Waals surface area contributed by atoms with Gasteiger partial charge in [-0.3, -0.25) is 9.69 Å². The Morgan fingerprint density at radius 3 is 2.72 bits per heavy atom. The van der Waals surface area contributed by atoms with Crippen LogP contribution in [0.2, 0.25) is 0 Å². The molecule has 1 fully saturated rings. The maximum Gasteiger partial charge on any atom is 0.270 e. The Hall–Kier alpha value is -1.90. The van der Waals surface area contributed by atoms with Gasteiger partial charge in [0.1, 0.15) is 5.82 Å². The molecule has 152 valence electrons. The van der Waals surface area contributed by atoms with E-state index in [0.717, 1.165) is 16.5 Å². The van der Waals surface area contributed by atoms with Gasteiger partial charge in [-0.1, -0.05) is 37.0 Å². The lowest BCUT2D eigenvalue weighted by Crippen LogP contribution is -2.27. The zero-order valence-corrected chi connectivity index (χ0v) is 19.1. The molecule has 1 saturated heterocycles. The highest BCUT2D eigenvalue weighted by Gasteiger charge is 2.33. The quantitative estimate of drug-likeness (QED) is 0.338. The fourth-order valence-corrected chi connectivity index (χ4v) is 4.61. The van der Waals surface area contributed by atoms with Gasteiger partial charge in [-0.15, -0.1) is 0 Å². The maximum absolute atomic E-state index is 13.6. The van der Waals surface area contributed by atoms with Crippen LogP contribution in [0.5, 0.6) is 11.5 Å². The van der Waals surface area contributed by atoms with E-state index in [9.17, 15) is 9.18 Å². The van der Waals surface area contributed by atoms with Gasteiger partial charge in [-0.05, 0) is 71.2 Å². The Morgan fingerprint density at radius 2 is 2.03 bits per heavy atom. The number of ether oxygens (including phenoxy) is 2. The molecule has 0 radical (unpaired) electrons. The van der Waals surface area contributed by atoms with E-state index in [1.165, 1.54) is 28.8 Å². The SMILES string of the molecule is CCCOc1c(Br)cc(/C=C2/SC(=S)N(c3cccc(F)c3)C2=O)cc1OCC. The highest BCUT2D eigenvalue weighted by atomic mass is 79.9. The number of benzene rings is 2. The first-order valence-corrected chi connectivity index (χ1v) is 11.1. The first-order valence-electron chi connectivity index (χ1n) is 9.07. The molecule has 29 heavy (non-hydrogen) atoms. The molecule has 1 amide bonds. The molecular formula is C21H19BrFNO3S2. The number of thiocarbonyl (C=S) groups is 1. The van der Waals surface area contributed by atoms with Gasteiger partial charge in [0.2, 0.25) is 0 Å². The smallest absolute Gasteiger partial charge is 0.270 e. The molecule has 0 N–H and O–H groups in total. The number of hydrogen-bond donors (Lipinski definition) is 0. The summed E-state index contributed by atoms with van der Waals surface area (Å²) in [5, 5.41) is 0. The minimum Gasteiger partial charge on any atom is -0.490 e. The number of amides is 1. The van der Waals surface area contributed by atoms with Crippen LogP contribution < -0.4 is 14.4 Å². The van der Waals surface area contributed by atoms with Crippen LogP contribution >= 0.6 is 39.9 Å². The van der Waals surface area contributed by atoms with Crippen LogP contribution in [0.3, 0.4) is 0 Å². The van der Waals surface area contributed by atoms with Crippen molar-refractivity contribution >= 4 is 61.9 Å². The summed E-state index contributed by atoms with van der Waals surface area (Å²) >= 11 is 10.1. The van der Waals surface area contributed by atoms with Crippen LogP contribution in [0.15, 0.2) is 45.8 Å². The minimum absolute atomic E-state index is 0.286. The van der Waals surface area contributed by atoms with Crippen molar-refractivity contribution in [3.63, 3.8) is 0 Å². The van der Waals surface area contributed by atoms with E-state index in [-0.39, 0.29) is 5.91 Å². The number of thioether (sulfide) groups is 1. The van der Waals surface area contributed by atoms with E-state index in [1.54, 1.807) is 18.2 Å². The van der Waals surface area contributed by atoms with Crippen molar-refractivity contribution in [1.82, 2.24) is 0 Å². The molecule has 0 aromatic heterocycles. The molecule has 2 aromatic carbocycles. The van der Waals surface area contributed by atoms with Crippen molar-refractivity contribution in [2.45, 2.75) is 20.3 Å². The molecule has 1 aliphatic heterocycles. The molecular weight excluding hydrogens is 477 g/mol. The van der Waals surface area contributed by atoms with Crippen molar-refractivity contribution in [2.75, 3.05) is 18.1 Å². The summed E-state index contributed by atoms with van der Waals surface area (Å²) in [4.78, 5) is 14.7. The van der Waals surface area contributed by atoms with Gasteiger partial charge in [0.05, 0.1) is 28.3 Å². The van der Waals surface area contributed by atoms with Crippen LogP contribution in [-0.2, 0) is 4.79 Å². The Morgan fingerprint density at radius 1 is 1.24 bits per heavy atom. The van der Waals surface area contributed by atoms with Gasteiger partial charge < -0.3 is 9.47 Å². The van der Waals surface area contributed by atoms with Crippen LogP contribution in [0.4, 0.5) is 10.1 Å². The highest BCUT2D eigenvalue weighted by molar-refractivity contribution is 9.10. The van der Waals surface area contributed by atoms with Crippen LogP contribution in [0.1, 0.15) is 25.8 Å². The number of halogens is 2. The standard InChI is InChI=1S/C21H19BrFNO3S2/c1-3-8-27-19-16(22)9-13(10-17(19)26-4-2)11-18-20(25)24(21(28)29-18)15-7-5-6-14(23)12-15/h5-7,9-12H,3-4,8H2,1-2H3/b18-11+. The van der Waals surface area contributed by atoms with Crippen molar-refractivity contribution in [3.05, 3.63) is 57.2 Å². The number of rotatable bonds is 7. The van der Waals surface area contributed by atoms with Crippen molar-refractivity contribution in [3.8, 4) is 11.5 Å². The van der Waals surface area contributed by atoms with Crippen LogP contribution in [0.25, 0.3) is 6.08 Å². The molecule has 2 aromatic rings. The zero-order valence-electron chi connectivity index (χ0n) is 15.9. The van der Waals surface area contributed by atoms with Crippen molar-refractivity contribution in [2.24, 2.45) is 0 Å². The molecule has 0 saturated carbocycles. The molecule has 1 aliphatic rings. The third kappa shape index (κ3) is 4.99. The minimum atomic E-state index is -0.423. The van der Waals surface area contributed by atoms with Gasteiger partial charge in [0.15, 0.2) is 15.8 Å². The normalized spacial score (nSPS) is 15.3. The van der Waals surface area contributed by atoms with E-state index in [1.807, 2.05) is 26.0 Å². The topological polar surface area (TPSA) is 38.8 Å². The Kier molecular flexibility index (Phi) is 7.32. The number of anilines is 1.